The quantitative estimate of drug-likeness (QED) is 0.444. The number of rotatable bonds is 7. The molecule has 3 N–H and O–H groups in total. The highest BCUT2D eigenvalue weighted by Crippen LogP contribution is 2.34. The van der Waals surface area contributed by atoms with E-state index in [2.05, 4.69) is 15.4 Å². The summed E-state index contributed by atoms with van der Waals surface area (Å²) in [5, 5.41) is 7.79. The Morgan fingerprint density at radius 2 is 1.95 bits per heavy atom. The van der Waals surface area contributed by atoms with Crippen LogP contribution in [0.3, 0.4) is 0 Å². The molecule has 0 saturated carbocycles. The summed E-state index contributed by atoms with van der Waals surface area (Å²) in [6.07, 6.45) is 2.53. The van der Waals surface area contributed by atoms with Crippen LogP contribution in [-0.4, -0.2) is 50.6 Å². The summed E-state index contributed by atoms with van der Waals surface area (Å²) < 4.78 is 1.58. The molecule has 0 bridgehead atoms. The van der Waals surface area contributed by atoms with Crippen molar-refractivity contribution >= 4 is 41.1 Å². The third kappa shape index (κ3) is 5.35. The maximum absolute atomic E-state index is 13.7. The Morgan fingerprint density at radius 1 is 1.21 bits per heavy atom. The van der Waals surface area contributed by atoms with Gasteiger partial charge < -0.3 is 11.1 Å². The largest absolute Gasteiger partial charge is 0.384 e. The summed E-state index contributed by atoms with van der Waals surface area (Å²) in [7, 11) is 3.33. The highest BCUT2D eigenvalue weighted by atomic mass is 35.5. The number of pyridine rings is 1. The fourth-order valence-corrected chi connectivity index (χ4v) is 5.07. The molecular weight excluding hydrogens is 506 g/mol. The number of anilines is 2. The van der Waals surface area contributed by atoms with Crippen molar-refractivity contribution in [3.05, 3.63) is 70.0 Å². The number of nitrogen functional groups attached to an aromatic ring is 1. The predicted molar refractivity (Wildman–Crippen MR) is 146 cm³/mol. The van der Waals surface area contributed by atoms with Gasteiger partial charge in [-0.25, -0.2) is 9.78 Å². The molecule has 2 aromatic heterocycles. The molecule has 200 valence electrons. The van der Waals surface area contributed by atoms with Gasteiger partial charge in [0.15, 0.2) is 5.82 Å². The van der Waals surface area contributed by atoms with E-state index in [1.165, 1.54) is 4.90 Å². The van der Waals surface area contributed by atoms with Crippen molar-refractivity contribution < 1.29 is 14.4 Å². The number of urea groups is 1. The molecule has 3 aromatic rings. The van der Waals surface area contributed by atoms with Gasteiger partial charge in [0, 0.05) is 37.1 Å². The lowest BCUT2D eigenvalue weighted by Crippen LogP contribution is -2.70. The number of nitrogens with zero attached hydrogens (tertiary/aromatic N) is 5. The molecule has 38 heavy (non-hydrogen) atoms. The number of imide groups is 1. The Balaban J connectivity index is 1.63. The zero-order valence-electron chi connectivity index (χ0n) is 22.1. The van der Waals surface area contributed by atoms with Crippen LogP contribution in [0.4, 0.5) is 16.4 Å². The van der Waals surface area contributed by atoms with E-state index in [4.69, 9.17) is 17.3 Å². The van der Waals surface area contributed by atoms with Gasteiger partial charge in [-0.1, -0.05) is 24.6 Å². The molecule has 0 radical (unpaired) electrons. The maximum Gasteiger partial charge on any atom is 0.325 e. The summed E-state index contributed by atoms with van der Waals surface area (Å²) in [5.41, 5.74) is 9.20. The second-order valence-electron chi connectivity index (χ2n) is 9.66. The molecular formula is C27H32ClN7O3. The third-order valence-corrected chi connectivity index (χ3v) is 7.11. The fourth-order valence-electron chi connectivity index (χ4n) is 4.89. The summed E-state index contributed by atoms with van der Waals surface area (Å²) in [5.74, 6) is -0.831. The Bertz CT molecular complexity index is 1370. The number of aryl methyl sites for hydroxylation is 3. The SMILES string of the molecule is CC[C@@H](NC(=O)N1C(=O)[C@H](Cc2cc(C)nc(N)c2)[C@H]1C(=O)N(C)c1ccn(C)n1)c1cc(Cl)ccc1C. The van der Waals surface area contributed by atoms with Crippen LogP contribution >= 0.6 is 11.6 Å². The highest BCUT2D eigenvalue weighted by Gasteiger charge is 2.55. The van der Waals surface area contributed by atoms with Crippen LogP contribution in [0, 0.1) is 19.8 Å². The average Bonchev–Trinajstić information content (AvgIpc) is 3.30. The Hall–Kier alpha value is -3.92. The van der Waals surface area contributed by atoms with E-state index >= 15 is 0 Å². The molecule has 3 atom stereocenters. The number of likely N-dealkylation sites (N-methyl/N-ethyl adjacent to an activating group) is 1. The Morgan fingerprint density at radius 3 is 2.58 bits per heavy atom. The number of carbonyl (C=O) groups is 3. The number of nitrogens with one attached hydrogen (secondary N) is 1. The van der Waals surface area contributed by atoms with E-state index in [0.717, 1.165) is 21.6 Å². The number of carbonyl (C=O) groups excluding carboxylic acids is 3. The number of aromatic nitrogens is 3. The van der Waals surface area contributed by atoms with Gasteiger partial charge in [0.1, 0.15) is 11.9 Å². The van der Waals surface area contributed by atoms with E-state index in [1.54, 1.807) is 49.2 Å². The number of hydrogen-bond donors (Lipinski definition) is 2. The lowest BCUT2D eigenvalue weighted by Gasteiger charge is -2.45. The smallest absolute Gasteiger partial charge is 0.325 e. The number of halogens is 1. The maximum atomic E-state index is 13.7. The molecule has 4 amide bonds. The third-order valence-electron chi connectivity index (χ3n) is 6.87. The molecule has 4 rings (SSSR count). The van der Waals surface area contributed by atoms with Crippen LogP contribution in [0.5, 0.6) is 0 Å². The van der Waals surface area contributed by atoms with Crippen LogP contribution in [-0.2, 0) is 23.1 Å². The Kier molecular flexibility index (Phi) is 7.73. The van der Waals surface area contributed by atoms with Crippen LogP contribution < -0.4 is 16.0 Å². The number of β-lactam (4-membered cyclic amide) rings is 1. The molecule has 10 nitrogen and oxygen atoms in total. The van der Waals surface area contributed by atoms with Crippen molar-refractivity contribution in [3.8, 4) is 0 Å². The fraction of sp³-hybridized carbons (Fsp3) is 0.370. The van der Waals surface area contributed by atoms with Crippen LogP contribution in [0.2, 0.25) is 5.02 Å². The molecule has 1 aromatic carbocycles. The average molecular weight is 538 g/mol. The first-order valence-electron chi connectivity index (χ1n) is 12.4. The second-order valence-corrected chi connectivity index (χ2v) is 10.1. The van der Waals surface area contributed by atoms with Crippen molar-refractivity contribution in [1.29, 1.82) is 0 Å². The number of benzene rings is 1. The van der Waals surface area contributed by atoms with Gasteiger partial charge in [0.05, 0.1) is 12.0 Å². The van der Waals surface area contributed by atoms with E-state index in [9.17, 15) is 14.4 Å². The highest BCUT2D eigenvalue weighted by molar-refractivity contribution is 6.30. The van der Waals surface area contributed by atoms with Gasteiger partial charge in [-0.2, -0.15) is 5.10 Å². The summed E-state index contributed by atoms with van der Waals surface area (Å²) in [6.45, 7) is 5.67. The van der Waals surface area contributed by atoms with Gasteiger partial charge in [0.25, 0.3) is 5.91 Å². The van der Waals surface area contributed by atoms with E-state index in [0.29, 0.717) is 28.8 Å². The lowest BCUT2D eigenvalue weighted by molar-refractivity contribution is -0.156. The predicted octanol–water partition coefficient (Wildman–Crippen LogP) is 3.56. The summed E-state index contributed by atoms with van der Waals surface area (Å²) in [4.78, 5) is 47.2. The first kappa shape index (κ1) is 27.1. The molecule has 0 aliphatic carbocycles. The first-order chi connectivity index (χ1) is 18.0. The van der Waals surface area contributed by atoms with Gasteiger partial charge in [-0.05, 0) is 67.6 Å². The monoisotopic (exact) mass is 537 g/mol. The number of nitrogens with two attached hydrogens (primary N) is 1. The minimum Gasteiger partial charge on any atom is -0.384 e. The van der Waals surface area contributed by atoms with Crippen molar-refractivity contribution in [2.24, 2.45) is 13.0 Å². The van der Waals surface area contributed by atoms with Crippen molar-refractivity contribution in [2.75, 3.05) is 17.7 Å². The van der Waals surface area contributed by atoms with Crippen molar-refractivity contribution in [2.45, 2.75) is 45.7 Å². The molecule has 1 saturated heterocycles. The molecule has 11 heteroatoms. The van der Waals surface area contributed by atoms with Gasteiger partial charge in [0.2, 0.25) is 5.91 Å². The number of hydrogen-bond acceptors (Lipinski definition) is 6. The molecule has 0 unspecified atom stereocenters. The Labute approximate surface area is 226 Å². The minimum atomic E-state index is -1.01. The molecule has 1 aliphatic rings. The van der Waals surface area contributed by atoms with Gasteiger partial charge in [-0.15, -0.1) is 0 Å². The van der Waals surface area contributed by atoms with Gasteiger partial charge >= 0.3 is 6.03 Å². The molecule has 1 fully saturated rings. The van der Waals surface area contributed by atoms with E-state index < -0.39 is 29.8 Å². The molecule has 0 spiro atoms. The van der Waals surface area contributed by atoms with Crippen molar-refractivity contribution in [1.82, 2.24) is 25.0 Å². The van der Waals surface area contributed by atoms with Crippen LogP contribution in [0.15, 0.2) is 42.6 Å². The van der Waals surface area contributed by atoms with Crippen molar-refractivity contribution in [3.63, 3.8) is 0 Å². The number of likely N-dealkylation sites (tertiary alicyclic amines) is 1. The normalized spacial score (nSPS) is 17.6. The second kappa shape index (κ2) is 10.8. The van der Waals surface area contributed by atoms with Crippen LogP contribution in [0.25, 0.3) is 0 Å². The minimum absolute atomic E-state index is 0.243. The van der Waals surface area contributed by atoms with Crippen LogP contribution in [0.1, 0.15) is 41.8 Å². The van der Waals surface area contributed by atoms with Gasteiger partial charge in [-0.3, -0.25) is 24.1 Å². The number of amides is 4. The zero-order chi connectivity index (χ0) is 27.7. The molecule has 1 aliphatic heterocycles. The van der Waals surface area contributed by atoms with E-state index in [-0.39, 0.29) is 12.5 Å². The first-order valence-corrected chi connectivity index (χ1v) is 12.8. The summed E-state index contributed by atoms with van der Waals surface area (Å²) >= 11 is 6.21. The topological polar surface area (TPSA) is 126 Å². The van der Waals surface area contributed by atoms with E-state index in [1.807, 2.05) is 32.9 Å². The molecule has 3 heterocycles. The lowest BCUT2D eigenvalue weighted by atomic mass is 9.81. The standard InChI is InChI=1S/C27H32ClN7O3/c1-6-21(19-14-18(28)8-7-15(19)2)31-27(38)35-24(26(37)34(5)23-9-10-33(4)32-23)20(25(35)36)12-17-11-16(3)30-22(29)13-17/h7-11,13-14,20-21,24H,6,12H2,1-5H3,(H2,29,30)(H,31,38)/t20-,21-,24+/m1/s1. The zero-order valence-corrected chi connectivity index (χ0v) is 22.9. The summed E-state index contributed by atoms with van der Waals surface area (Å²) in [6, 6.07) is 8.65.